The van der Waals surface area contributed by atoms with E-state index in [1.165, 1.54) is 41.6 Å². The van der Waals surface area contributed by atoms with E-state index >= 15 is 0 Å². The molecular weight excluding hydrogens is 566 g/mol. The molecule has 0 aliphatic heterocycles. The van der Waals surface area contributed by atoms with Crippen LogP contribution in [0.5, 0.6) is 23.0 Å². The molecule has 3 aromatic carbocycles. The summed E-state index contributed by atoms with van der Waals surface area (Å²) < 4.78 is 50.6. The molecule has 0 fully saturated rings. The molecule has 0 atom stereocenters. The van der Waals surface area contributed by atoms with Crippen molar-refractivity contribution in [3.05, 3.63) is 75.8 Å². The molecule has 0 saturated heterocycles. The van der Waals surface area contributed by atoms with Crippen LogP contribution in [0.4, 0.5) is 16.2 Å². The van der Waals surface area contributed by atoms with E-state index in [0.29, 0.717) is 34.1 Å². The maximum absolute atomic E-state index is 14.0. The molecule has 0 aliphatic carbocycles. The summed E-state index contributed by atoms with van der Waals surface area (Å²) in [4.78, 5) is 23.2. The first-order valence-corrected chi connectivity index (χ1v) is 13.4. The predicted octanol–water partition coefficient (Wildman–Crippen LogP) is 4.82. The number of anilines is 1. The first kappa shape index (κ1) is 30.5. The molecule has 40 heavy (non-hydrogen) atoms. The molecule has 0 spiro atoms. The van der Waals surface area contributed by atoms with Crippen LogP contribution in [0.1, 0.15) is 11.1 Å². The minimum Gasteiger partial charge on any atom is -0.497 e. The van der Waals surface area contributed by atoms with Crippen LogP contribution >= 0.6 is 11.6 Å². The molecule has 1 amide bonds. The Bertz CT molecular complexity index is 1460. The third kappa shape index (κ3) is 6.55. The number of ether oxygens (including phenoxy) is 4. The zero-order chi connectivity index (χ0) is 29.6. The molecule has 0 unspecified atom stereocenters. The van der Waals surface area contributed by atoms with Gasteiger partial charge >= 0.3 is 5.37 Å². The van der Waals surface area contributed by atoms with E-state index in [2.05, 4.69) is 0 Å². The highest BCUT2D eigenvalue weighted by Crippen LogP contribution is 2.35. The lowest BCUT2D eigenvalue weighted by atomic mass is 10.1. The molecule has 214 valence electrons. The fraction of sp³-hybridized carbons (Fsp3) is 0.269. The van der Waals surface area contributed by atoms with Gasteiger partial charge in [-0.2, -0.15) is 4.31 Å². The van der Waals surface area contributed by atoms with E-state index in [1.54, 1.807) is 36.4 Å². The van der Waals surface area contributed by atoms with Crippen molar-refractivity contribution >= 4 is 38.4 Å². The average molecular weight is 594 g/mol. The summed E-state index contributed by atoms with van der Waals surface area (Å²) in [6, 6.07) is 13.1. The van der Waals surface area contributed by atoms with Crippen molar-refractivity contribution in [2.75, 3.05) is 40.4 Å². The lowest BCUT2D eigenvalue weighted by Gasteiger charge is -2.25. The van der Waals surface area contributed by atoms with Gasteiger partial charge in [-0.1, -0.05) is 12.1 Å². The van der Waals surface area contributed by atoms with E-state index in [0.717, 1.165) is 21.3 Å². The number of nitro benzene ring substituents is 1. The van der Waals surface area contributed by atoms with Gasteiger partial charge in [0.2, 0.25) is 10.0 Å². The van der Waals surface area contributed by atoms with Crippen LogP contribution in [0, 0.1) is 10.1 Å². The Hall–Kier alpha value is -4.07. The smallest absolute Gasteiger partial charge is 0.320 e. The monoisotopic (exact) mass is 593 g/mol. The predicted molar refractivity (Wildman–Crippen MR) is 148 cm³/mol. The number of nitro groups is 1. The quantitative estimate of drug-likeness (QED) is 0.125. The second-order valence-corrected chi connectivity index (χ2v) is 10.6. The van der Waals surface area contributed by atoms with Gasteiger partial charge in [0.1, 0.15) is 28.7 Å². The van der Waals surface area contributed by atoms with Gasteiger partial charge < -0.3 is 18.9 Å². The number of benzene rings is 3. The Kier molecular flexibility index (Phi) is 9.79. The van der Waals surface area contributed by atoms with Crippen LogP contribution in [0.2, 0.25) is 0 Å². The third-order valence-corrected chi connectivity index (χ3v) is 8.13. The summed E-state index contributed by atoms with van der Waals surface area (Å²) in [6.07, 6.45) is 0. The Morgan fingerprint density at radius 3 is 1.75 bits per heavy atom. The zero-order valence-corrected chi connectivity index (χ0v) is 24.0. The van der Waals surface area contributed by atoms with Crippen LogP contribution in [-0.4, -0.2) is 58.5 Å². The number of carbonyl (C=O) groups is 1. The molecule has 0 aromatic heterocycles. The van der Waals surface area contributed by atoms with Gasteiger partial charge in [-0.3, -0.25) is 19.8 Å². The number of methoxy groups -OCH3 is 4. The molecule has 14 heteroatoms. The maximum atomic E-state index is 14.0. The van der Waals surface area contributed by atoms with E-state index in [-0.39, 0.29) is 23.7 Å². The maximum Gasteiger partial charge on any atom is 0.320 e. The van der Waals surface area contributed by atoms with Crippen LogP contribution in [0.15, 0.2) is 59.5 Å². The number of rotatable bonds is 12. The van der Waals surface area contributed by atoms with Gasteiger partial charge in [0, 0.05) is 49.5 Å². The van der Waals surface area contributed by atoms with Crippen molar-refractivity contribution in [1.29, 1.82) is 0 Å². The molecular formula is C26H28ClN3O9S. The van der Waals surface area contributed by atoms with E-state index < -0.39 is 26.0 Å². The minimum absolute atomic E-state index is 0.163. The van der Waals surface area contributed by atoms with E-state index in [9.17, 15) is 23.3 Å². The highest BCUT2D eigenvalue weighted by molar-refractivity contribution is 7.89. The van der Waals surface area contributed by atoms with Gasteiger partial charge in [0.25, 0.3) is 5.69 Å². The summed E-state index contributed by atoms with van der Waals surface area (Å²) in [5.41, 5.74) is 0.251. The van der Waals surface area contributed by atoms with Gasteiger partial charge in [0.05, 0.1) is 38.3 Å². The molecule has 0 heterocycles. The Morgan fingerprint density at radius 2 is 1.35 bits per heavy atom. The van der Waals surface area contributed by atoms with Gasteiger partial charge in [-0.25, -0.2) is 8.42 Å². The summed E-state index contributed by atoms with van der Waals surface area (Å²) in [7, 11) is 2.74. The minimum atomic E-state index is -4.38. The van der Waals surface area contributed by atoms with Gasteiger partial charge in [-0.05, 0) is 35.9 Å². The third-order valence-electron chi connectivity index (χ3n) is 6.09. The second kappa shape index (κ2) is 12.9. The number of hydrogen-bond acceptors (Lipinski definition) is 9. The molecule has 0 radical (unpaired) electrons. The lowest BCUT2D eigenvalue weighted by Crippen LogP contribution is -2.31. The molecule has 3 rings (SSSR count). The number of sulfonamides is 1. The van der Waals surface area contributed by atoms with Crippen molar-refractivity contribution < 1.29 is 37.1 Å². The SMILES string of the molecule is COc1ccc(CN(Cc2ccc(OC)cc2OC)S(=O)(=O)c2ccc(N(C)C(=O)Cl)c([N+](=O)[O-])c2)c(OC)c1. The number of halogens is 1. The fourth-order valence-electron chi connectivity index (χ4n) is 3.91. The van der Waals surface area contributed by atoms with Crippen molar-refractivity contribution in [1.82, 2.24) is 4.31 Å². The van der Waals surface area contributed by atoms with Crippen molar-refractivity contribution in [2.45, 2.75) is 18.0 Å². The number of nitrogens with zero attached hydrogens (tertiary/aromatic N) is 3. The first-order chi connectivity index (χ1) is 19.0. The second-order valence-electron chi connectivity index (χ2n) is 8.35. The summed E-state index contributed by atoms with van der Waals surface area (Å²) >= 11 is 5.50. The number of carbonyl (C=O) groups excluding carboxylic acids is 1. The normalized spacial score (nSPS) is 11.2. The van der Waals surface area contributed by atoms with Crippen molar-refractivity contribution in [3.63, 3.8) is 0 Å². The van der Waals surface area contributed by atoms with E-state index in [4.69, 9.17) is 30.5 Å². The number of hydrogen-bond donors (Lipinski definition) is 0. The molecule has 0 saturated carbocycles. The van der Waals surface area contributed by atoms with Crippen molar-refractivity contribution in [2.24, 2.45) is 0 Å². The summed E-state index contributed by atoms with van der Waals surface area (Å²) in [6.45, 7) is -0.333. The van der Waals surface area contributed by atoms with Crippen LogP contribution in [0.3, 0.4) is 0 Å². The number of amides is 1. The largest absolute Gasteiger partial charge is 0.497 e. The summed E-state index contributed by atoms with van der Waals surface area (Å²) in [5, 5.41) is 10.9. The summed E-state index contributed by atoms with van der Waals surface area (Å²) in [5.74, 6) is 1.78. The standard InChI is InChI=1S/C26H28ClN3O9S/c1-28(26(27)31)22-11-10-21(14-23(22)30(32)33)40(34,35)29(15-17-6-8-19(36-2)12-24(17)38-4)16-18-7-9-20(37-3)13-25(18)39-5/h6-14H,15-16H2,1-5H3. The Balaban J connectivity index is 2.17. The Labute approximate surface area is 236 Å². The molecule has 3 aromatic rings. The molecule has 0 N–H and O–H groups in total. The van der Waals surface area contributed by atoms with Gasteiger partial charge in [-0.15, -0.1) is 0 Å². The lowest BCUT2D eigenvalue weighted by molar-refractivity contribution is -0.384. The van der Waals surface area contributed by atoms with Crippen LogP contribution in [-0.2, 0) is 23.1 Å². The molecule has 12 nitrogen and oxygen atoms in total. The first-order valence-electron chi connectivity index (χ1n) is 11.6. The van der Waals surface area contributed by atoms with Crippen LogP contribution in [0.25, 0.3) is 0 Å². The Morgan fingerprint density at radius 1 is 0.850 bits per heavy atom. The highest BCUT2D eigenvalue weighted by atomic mass is 35.5. The zero-order valence-electron chi connectivity index (χ0n) is 22.4. The van der Waals surface area contributed by atoms with Crippen molar-refractivity contribution in [3.8, 4) is 23.0 Å². The fourth-order valence-corrected chi connectivity index (χ4v) is 5.42. The van der Waals surface area contributed by atoms with E-state index in [1.807, 2.05) is 0 Å². The van der Waals surface area contributed by atoms with Gasteiger partial charge in [0.15, 0.2) is 0 Å². The van der Waals surface area contributed by atoms with Crippen LogP contribution < -0.4 is 23.8 Å². The topological polar surface area (TPSA) is 138 Å². The average Bonchev–Trinajstić information content (AvgIpc) is 2.95. The molecule has 0 aliphatic rings. The highest BCUT2D eigenvalue weighted by Gasteiger charge is 2.31. The molecule has 0 bridgehead atoms.